The summed E-state index contributed by atoms with van der Waals surface area (Å²) < 4.78 is 0. The molecule has 0 atom stereocenters. The Hall–Kier alpha value is -1.45. The molecule has 0 spiro atoms. The van der Waals surface area contributed by atoms with Crippen molar-refractivity contribution >= 4 is 5.91 Å². The standard InChI is InChI=1S/C7H9N3O/c1-6(11)8-5-7-3-2-4-9-10-7/h2-4H,5H2,1H3,(H,8,11). The van der Waals surface area contributed by atoms with E-state index in [1.807, 2.05) is 6.07 Å². The molecule has 0 aliphatic carbocycles. The van der Waals surface area contributed by atoms with Crippen LogP contribution in [-0.2, 0) is 11.3 Å². The Morgan fingerprint density at radius 1 is 1.73 bits per heavy atom. The molecule has 0 saturated heterocycles. The van der Waals surface area contributed by atoms with Gasteiger partial charge in [0.2, 0.25) is 5.91 Å². The molecule has 0 aromatic carbocycles. The van der Waals surface area contributed by atoms with Crippen molar-refractivity contribution in [2.24, 2.45) is 0 Å². The van der Waals surface area contributed by atoms with E-state index in [9.17, 15) is 4.79 Å². The van der Waals surface area contributed by atoms with Gasteiger partial charge in [-0.1, -0.05) is 0 Å². The van der Waals surface area contributed by atoms with Gasteiger partial charge in [-0.2, -0.15) is 10.2 Å². The number of hydrogen-bond acceptors (Lipinski definition) is 3. The first-order valence-electron chi connectivity index (χ1n) is 3.30. The molecule has 1 aromatic rings. The molecular weight excluding hydrogens is 142 g/mol. The fourth-order valence-electron chi connectivity index (χ4n) is 0.643. The summed E-state index contributed by atoms with van der Waals surface area (Å²) in [7, 11) is 0. The highest BCUT2D eigenvalue weighted by Gasteiger charge is 1.93. The van der Waals surface area contributed by atoms with Crippen molar-refractivity contribution in [3.05, 3.63) is 24.0 Å². The number of nitrogens with zero attached hydrogens (tertiary/aromatic N) is 2. The highest BCUT2D eigenvalue weighted by molar-refractivity contribution is 5.72. The summed E-state index contributed by atoms with van der Waals surface area (Å²) in [6, 6.07) is 3.59. The third-order valence-electron chi connectivity index (χ3n) is 1.15. The van der Waals surface area contributed by atoms with E-state index in [4.69, 9.17) is 0 Å². The van der Waals surface area contributed by atoms with Crippen LogP contribution in [0, 0.1) is 0 Å². The molecule has 58 valence electrons. The third-order valence-corrected chi connectivity index (χ3v) is 1.15. The maximum absolute atomic E-state index is 10.5. The van der Waals surface area contributed by atoms with Crippen molar-refractivity contribution in [3.8, 4) is 0 Å². The second-order valence-electron chi connectivity index (χ2n) is 2.12. The highest BCUT2D eigenvalue weighted by Crippen LogP contribution is 1.88. The normalized spacial score (nSPS) is 9.18. The highest BCUT2D eigenvalue weighted by atomic mass is 16.1. The molecule has 0 aliphatic rings. The van der Waals surface area contributed by atoms with E-state index in [1.165, 1.54) is 6.92 Å². The second-order valence-corrected chi connectivity index (χ2v) is 2.12. The van der Waals surface area contributed by atoms with E-state index in [-0.39, 0.29) is 5.91 Å². The van der Waals surface area contributed by atoms with Crippen LogP contribution in [0.3, 0.4) is 0 Å². The van der Waals surface area contributed by atoms with E-state index in [0.717, 1.165) is 5.69 Å². The van der Waals surface area contributed by atoms with Crippen molar-refractivity contribution in [1.29, 1.82) is 0 Å². The van der Waals surface area contributed by atoms with Gasteiger partial charge in [0, 0.05) is 13.1 Å². The number of nitrogens with one attached hydrogen (secondary N) is 1. The number of hydrogen-bond donors (Lipinski definition) is 1. The number of carbonyl (C=O) groups excluding carboxylic acids is 1. The Morgan fingerprint density at radius 3 is 3.09 bits per heavy atom. The monoisotopic (exact) mass is 151 g/mol. The molecule has 0 fully saturated rings. The van der Waals surface area contributed by atoms with Crippen LogP contribution in [0.5, 0.6) is 0 Å². The molecule has 0 unspecified atom stereocenters. The van der Waals surface area contributed by atoms with Gasteiger partial charge in [-0.05, 0) is 12.1 Å². The SMILES string of the molecule is CC(=O)NCc1cccnn1. The predicted molar refractivity (Wildman–Crippen MR) is 39.6 cm³/mol. The summed E-state index contributed by atoms with van der Waals surface area (Å²) >= 11 is 0. The smallest absolute Gasteiger partial charge is 0.217 e. The Bertz CT molecular complexity index is 235. The molecule has 1 aromatic heterocycles. The molecule has 1 N–H and O–H groups in total. The largest absolute Gasteiger partial charge is 0.351 e. The summed E-state index contributed by atoms with van der Waals surface area (Å²) in [5, 5.41) is 10.1. The molecule has 0 aliphatic heterocycles. The Balaban J connectivity index is 2.45. The van der Waals surface area contributed by atoms with Crippen molar-refractivity contribution in [2.45, 2.75) is 13.5 Å². The quantitative estimate of drug-likeness (QED) is 0.652. The van der Waals surface area contributed by atoms with Crippen molar-refractivity contribution in [3.63, 3.8) is 0 Å². The summed E-state index contributed by atoms with van der Waals surface area (Å²) in [5.74, 6) is -0.0596. The third kappa shape index (κ3) is 2.75. The van der Waals surface area contributed by atoms with Gasteiger partial charge in [-0.15, -0.1) is 0 Å². The summed E-state index contributed by atoms with van der Waals surface area (Å²) in [4.78, 5) is 10.5. The molecule has 1 rings (SSSR count). The maximum Gasteiger partial charge on any atom is 0.217 e. The molecule has 0 saturated carbocycles. The van der Waals surface area contributed by atoms with Crippen LogP contribution >= 0.6 is 0 Å². The minimum Gasteiger partial charge on any atom is -0.351 e. The lowest BCUT2D eigenvalue weighted by Crippen LogP contribution is -2.19. The molecule has 0 radical (unpaired) electrons. The van der Waals surface area contributed by atoms with Gasteiger partial charge in [0.15, 0.2) is 0 Å². The minimum absolute atomic E-state index is 0.0596. The topological polar surface area (TPSA) is 54.9 Å². The van der Waals surface area contributed by atoms with E-state index in [1.54, 1.807) is 12.3 Å². The molecule has 4 nitrogen and oxygen atoms in total. The maximum atomic E-state index is 10.5. The minimum atomic E-state index is -0.0596. The van der Waals surface area contributed by atoms with Crippen LogP contribution in [0.15, 0.2) is 18.3 Å². The molecule has 11 heavy (non-hydrogen) atoms. The summed E-state index contributed by atoms with van der Waals surface area (Å²) in [6.07, 6.45) is 1.59. The van der Waals surface area contributed by atoms with E-state index in [2.05, 4.69) is 15.5 Å². The molecular formula is C7H9N3O. The Morgan fingerprint density at radius 2 is 2.55 bits per heavy atom. The van der Waals surface area contributed by atoms with Crippen LogP contribution in [0.4, 0.5) is 0 Å². The first kappa shape index (κ1) is 7.65. The van der Waals surface area contributed by atoms with Gasteiger partial charge in [-0.25, -0.2) is 0 Å². The van der Waals surface area contributed by atoms with Crippen LogP contribution in [0.2, 0.25) is 0 Å². The first-order valence-corrected chi connectivity index (χ1v) is 3.30. The van der Waals surface area contributed by atoms with Crippen molar-refractivity contribution in [1.82, 2.24) is 15.5 Å². The predicted octanol–water partition coefficient (Wildman–Crippen LogP) is 0.113. The summed E-state index contributed by atoms with van der Waals surface area (Å²) in [6.45, 7) is 1.92. The lowest BCUT2D eigenvalue weighted by atomic mass is 10.4. The van der Waals surface area contributed by atoms with Gasteiger partial charge in [0.1, 0.15) is 0 Å². The average Bonchev–Trinajstić information content (AvgIpc) is 2.03. The van der Waals surface area contributed by atoms with Crippen molar-refractivity contribution in [2.75, 3.05) is 0 Å². The number of carbonyl (C=O) groups is 1. The average molecular weight is 151 g/mol. The fourth-order valence-corrected chi connectivity index (χ4v) is 0.643. The lowest BCUT2D eigenvalue weighted by Gasteiger charge is -1.98. The van der Waals surface area contributed by atoms with Gasteiger partial charge in [-0.3, -0.25) is 4.79 Å². The van der Waals surface area contributed by atoms with E-state index in [0.29, 0.717) is 6.54 Å². The van der Waals surface area contributed by atoms with Gasteiger partial charge < -0.3 is 5.32 Å². The molecule has 1 amide bonds. The number of rotatable bonds is 2. The fraction of sp³-hybridized carbons (Fsp3) is 0.286. The van der Waals surface area contributed by atoms with E-state index >= 15 is 0 Å². The van der Waals surface area contributed by atoms with Crippen LogP contribution < -0.4 is 5.32 Å². The Kier molecular flexibility index (Phi) is 2.54. The second kappa shape index (κ2) is 3.65. The zero-order chi connectivity index (χ0) is 8.10. The van der Waals surface area contributed by atoms with E-state index < -0.39 is 0 Å². The number of amides is 1. The molecule has 1 heterocycles. The van der Waals surface area contributed by atoms with Gasteiger partial charge >= 0.3 is 0 Å². The van der Waals surface area contributed by atoms with Crippen LogP contribution in [-0.4, -0.2) is 16.1 Å². The zero-order valence-corrected chi connectivity index (χ0v) is 6.24. The summed E-state index contributed by atoms with van der Waals surface area (Å²) in [5.41, 5.74) is 0.766. The van der Waals surface area contributed by atoms with Crippen LogP contribution in [0.25, 0.3) is 0 Å². The van der Waals surface area contributed by atoms with Gasteiger partial charge in [0.05, 0.1) is 12.2 Å². The lowest BCUT2D eigenvalue weighted by molar-refractivity contribution is -0.119. The first-order chi connectivity index (χ1) is 5.29. The molecule has 0 bridgehead atoms. The zero-order valence-electron chi connectivity index (χ0n) is 6.24. The van der Waals surface area contributed by atoms with Crippen LogP contribution in [0.1, 0.15) is 12.6 Å². The number of aromatic nitrogens is 2. The van der Waals surface area contributed by atoms with Gasteiger partial charge in [0.25, 0.3) is 0 Å². The van der Waals surface area contributed by atoms with Crippen molar-refractivity contribution < 1.29 is 4.79 Å². The Labute approximate surface area is 64.6 Å². The molecule has 4 heteroatoms.